The molecule has 1 amide bonds. The van der Waals surface area contributed by atoms with Crippen molar-refractivity contribution in [3.8, 4) is 0 Å². The van der Waals surface area contributed by atoms with Gasteiger partial charge in [0.05, 0.1) is 12.1 Å². The molecule has 2 atom stereocenters. The summed E-state index contributed by atoms with van der Waals surface area (Å²) in [5.41, 5.74) is 2.25. The van der Waals surface area contributed by atoms with E-state index in [0.29, 0.717) is 11.8 Å². The van der Waals surface area contributed by atoms with Crippen LogP contribution in [0.1, 0.15) is 99.0 Å². The summed E-state index contributed by atoms with van der Waals surface area (Å²) in [6.45, 7) is 1.65. The van der Waals surface area contributed by atoms with Gasteiger partial charge in [0, 0.05) is 36.7 Å². The van der Waals surface area contributed by atoms with Gasteiger partial charge >= 0.3 is 0 Å². The molecule has 162 valence electrons. The second-order valence-corrected chi connectivity index (χ2v) is 9.48. The van der Waals surface area contributed by atoms with Crippen molar-refractivity contribution in [2.75, 3.05) is 13.1 Å². The maximum Gasteiger partial charge on any atom is 0.230 e. The van der Waals surface area contributed by atoms with E-state index in [-0.39, 0.29) is 11.8 Å². The molecule has 30 heavy (non-hydrogen) atoms. The fourth-order valence-corrected chi connectivity index (χ4v) is 5.67. The minimum absolute atomic E-state index is 0.0310. The van der Waals surface area contributed by atoms with Crippen LogP contribution in [0.2, 0.25) is 0 Å². The number of hydrogen-bond acceptors (Lipinski definition) is 5. The molecule has 3 aliphatic rings. The van der Waals surface area contributed by atoms with Gasteiger partial charge in [0.15, 0.2) is 5.82 Å². The third-order valence-electron chi connectivity index (χ3n) is 7.34. The minimum atomic E-state index is -0.0310. The number of likely N-dealkylation sites (tertiary alicyclic amines) is 1. The molecule has 7 nitrogen and oxygen atoms in total. The molecule has 2 unspecified atom stereocenters. The second kappa shape index (κ2) is 8.90. The molecule has 1 aliphatic heterocycles. The van der Waals surface area contributed by atoms with Gasteiger partial charge in [0.2, 0.25) is 11.8 Å². The molecule has 2 aromatic heterocycles. The summed E-state index contributed by atoms with van der Waals surface area (Å²) in [6.07, 6.45) is 15.3. The first-order valence-electron chi connectivity index (χ1n) is 11.9. The Morgan fingerprint density at radius 1 is 1.10 bits per heavy atom. The van der Waals surface area contributed by atoms with Crippen LogP contribution in [0, 0.1) is 5.92 Å². The highest BCUT2D eigenvalue weighted by atomic mass is 16.5. The number of aromatic nitrogens is 4. The van der Waals surface area contributed by atoms with Gasteiger partial charge in [-0.25, -0.2) is 0 Å². The van der Waals surface area contributed by atoms with Gasteiger partial charge in [0.25, 0.3) is 0 Å². The Morgan fingerprint density at radius 3 is 2.83 bits per heavy atom. The van der Waals surface area contributed by atoms with Crippen molar-refractivity contribution < 1.29 is 9.32 Å². The third-order valence-corrected chi connectivity index (χ3v) is 7.34. The SMILES string of the molecule is O=C(C1CCCc2[nH]ncc21)N1CCCC(Cc2nc(C3CCCCCC3)no2)C1. The number of carbonyl (C=O) groups is 1. The summed E-state index contributed by atoms with van der Waals surface area (Å²) in [6, 6.07) is 0. The maximum absolute atomic E-state index is 13.3. The molecule has 7 heteroatoms. The lowest BCUT2D eigenvalue weighted by Gasteiger charge is -2.35. The highest BCUT2D eigenvalue weighted by molar-refractivity contribution is 5.84. The molecule has 1 saturated heterocycles. The molecule has 2 aromatic rings. The van der Waals surface area contributed by atoms with E-state index in [1.165, 1.54) is 38.5 Å². The van der Waals surface area contributed by atoms with Gasteiger partial charge in [-0.05, 0) is 50.9 Å². The Morgan fingerprint density at radius 2 is 1.97 bits per heavy atom. The van der Waals surface area contributed by atoms with Crippen molar-refractivity contribution in [2.24, 2.45) is 5.92 Å². The largest absolute Gasteiger partial charge is 0.342 e. The van der Waals surface area contributed by atoms with Gasteiger partial charge in [-0.2, -0.15) is 10.1 Å². The first kappa shape index (κ1) is 19.8. The molecule has 0 aromatic carbocycles. The van der Waals surface area contributed by atoms with Crippen LogP contribution in [0.25, 0.3) is 0 Å². The van der Waals surface area contributed by atoms with Crippen LogP contribution in [0.4, 0.5) is 0 Å². The van der Waals surface area contributed by atoms with Gasteiger partial charge in [0.1, 0.15) is 0 Å². The summed E-state index contributed by atoms with van der Waals surface area (Å²) in [4.78, 5) is 20.1. The van der Waals surface area contributed by atoms with Crippen molar-refractivity contribution in [3.05, 3.63) is 29.2 Å². The maximum atomic E-state index is 13.3. The molecular formula is C23H33N5O2. The van der Waals surface area contributed by atoms with E-state index in [9.17, 15) is 4.79 Å². The smallest absolute Gasteiger partial charge is 0.230 e. The fourth-order valence-electron chi connectivity index (χ4n) is 5.67. The van der Waals surface area contributed by atoms with E-state index < -0.39 is 0 Å². The summed E-state index contributed by atoms with van der Waals surface area (Å²) >= 11 is 0. The lowest BCUT2D eigenvalue weighted by atomic mass is 9.85. The zero-order valence-corrected chi connectivity index (χ0v) is 17.8. The van der Waals surface area contributed by atoms with Crippen LogP contribution in [0.3, 0.4) is 0 Å². The summed E-state index contributed by atoms with van der Waals surface area (Å²) < 4.78 is 5.63. The fraction of sp³-hybridized carbons (Fsp3) is 0.739. The molecule has 1 saturated carbocycles. The zero-order chi connectivity index (χ0) is 20.3. The topological polar surface area (TPSA) is 87.9 Å². The van der Waals surface area contributed by atoms with E-state index >= 15 is 0 Å². The van der Waals surface area contributed by atoms with Gasteiger partial charge in [-0.3, -0.25) is 9.89 Å². The van der Waals surface area contributed by atoms with Crippen molar-refractivity contribution >= 4 is 5.91 Å². The van der Waals surface area contributed by atoms with Crippen molar-refractivity contribution in [1.82, 2.24) is 25.2 Å². The molecular weight excluding hydrogens is 378 g/mol. The molecule has 1 N–H and O–H groups in total. The molecule has 2 fully saturated rings. The van der Waals surface area contributed by atoms with E-state index in [1.807, 2.05) is 6.20 Å². The van der Waals surface area contributed by atoms with E-state index in [2.05, 4.69) is 20.3 Å². The van der Waals surface area contributed by atoms with Crippen molar-refractivity contribution in [1.29, 1.82) is 0 Å². The van der Waals surface area contributed by atoms with Crippen LogP contribution in [0.15, 0.2) is 10.7 Å². The molecule has 0 radical (unpaired) electrons. The number of piperidine rings is 1. The number of hydrogen-bond donors (Lipinski definition) is 1. The number of fused-ring (bicyclic) bond motifs is 1. The summed E-state index contributed by atoms with van der Waals surface area (Å²) in [5, 5.41) is 11.6. The highest BCUT2D eigenvalue weighted by Gasteiger charge is 2.34. The van der Waals surface area contributed by atoms with Crippen LogP contribution >= 0.6 is 0 Å². The number of aromatic amines is 1. The Bertz CT molecular complexity index is 851. The van der Waals surface area contributed by atoms with E-state index in [1.54, 1.807) is 0 Å². The monoisotopic (exact) mass is 411 g/mol. The molecule has 0 spiro atoms. The zero-order valence-electron chi connectivity index (χ0n) is 17.8. The average molecular weight is 412 g/mol. The first-order chi connectivity index (χ1) is 14.8. The number of nitrogens with one attached hydrogen (secondary N) is 1. The van der Waals surface area contributed by atoms with Crippen LogP contribution in [-0.4, -0.2) is 44.2 Å². The molecule has 2 aliphatic carbocycles. The van der Waals surface area contributed by atoms with Crippen molar-refractivity contribution in [2.45, 2.75) is 88.9 Å². The number of aryl methyl sites for hydroxylation is 1. The molecule has 0 bridgehead atoms. The standard InChI is InChI=1S/C23H33N5O2/c29-23(18-10-5-11-20-19(18)14-24-26-20)28-12-6-7-16(15-28)13-21-25-22(27-30-21)17-8-3-1-2-4-9-17/h14,16-18H,1-13,15H2,(H,24,26). The lowest BCUT2D eigenvalue weighted by Crippen LogP contribution is -2.43. The van der Waals surface area contributed by atoms with Crippen LogP contribution in [-0.2, 0) is 17.6 Å². The normalized spacial score (nSPS) is 25.7. The third kappa shape index (κ3) is 4.16. The quantitative estimate of drug-likeness (QED) is 0.764. The predicted octanol–water partition coefficient (Wildman–Crippen LogP) is 4.13. The number of amides is 1. The summed E-state index contributed by atoms with van der Waals surface area (Å²) in [7, 11) is 0. The molecule has 3 heterocycles. The van der Waals surface area contributed by atoms with Crippen LogP contribution < -0.4 is 0 Å². The van der Waals surface area contributed by atoms with Gasteiger partial charge < -0.3 is 9.42 Å². The van der Waals surface area contributed by atoms with Gasteiger partial charge in [-0.15, -0.1) is 0 Å². The lowest BCUT2D eigenvalue weighted by molar-refractivity contribution is -0.135. The van der Waals surface area contributed by atoms with E-state index in [0.717, 1.165) is 74.6 Å². The van der Waals surface area contributed by atoms with Crippen molar-refractivity contribution in [3.63, 3.8) is 0 Å². The second-order valence-electron chi connectivity index (χ2n) is 9.48. The van der Waals surface area contributed by atoms with Crippen LogP contribution in [0.5, 0.6) is 0 Å². The Hall–Kier alpha value is -2.18. The van der Waals surface area contributed by atoms with E-state index in [4.69, 9.17) is 9.51 Å². The highest BCUT2D eigenvalue weighted by Crippen LogP contribution is 2.34. The number of rotatable bonds is 4. The summed E-state index contributed by atoms with van der Waals surface area (Å²) in [5.74, 6) is 2.76. The Labute approximate surface area is 178 Å². The van der Waals surface area contributed by atoms with Gasteiger partial charge in [-0.1, -0.05) is 30.8 Å². The minimum Gasteiger partial charge on any atom is -0.342 e. The predicted molar refractivity (Wildman–Crippen MR) is 112 cm³/mol. The molecule has 5 rings (SSSR count). The average Bonchev–Trinajstić information content (AvgIpc) is 3.36. The number of nitrogens with zero attached hydrogens (tertiary/aromatic N) is 4. The Balaban J connectivity index is 1.21. The number of H-pyrrole nitrogens is 1. The first-order valence-corrected chi connectivity index (χ1v) is 11.9. The Kier molecular flexibility index (Phi) is 5.86. The number of carbonyl (C=O) groups excluding carboxylic acids is 1.